The summed E-state index contributed by atoms with van der Waals surface area (Å²) in [5.41, 5.74) is 0. The largest absolute Gasteiger partial charge is 0.481 e. The van der Waals surface area contributed by atoms with E-state index in [1.54, 1.807) is 14.0 Å². The molecule has 0 aliphatic heterocycles. The van der Waals surface area contributed by atoms with Gasteiger partial charge in [-0.05, 0) is 25.5 Å². The second-order valence-electron chi connectivity index (χ2n) is 4.64. The molecule has 1 atom stereocenters. The quantitative estimate of drug-likeness (QED) is 0.690. The maximum absolute atomic E-state index is 12.3. The lowest BCUT2D eigenvalue weighted by Crippen LogP contribution is -2.40. The molecule has 0 radical (unpaired) electrons. The third-order valence-electron chi connectivity index (χ3n) is 3.00. The number of benzene rings is 1. The molecular weight excluding hydrogens is 270 g/mol. The number of esters is 1. The average Bonchev–Trinajstić information content (AvgIpc) is 2.51. The topological polar surface area (TPSA) is 55.8 Å². The molecule has 1 rings (SSSR count). The zero-order valence-corrected chi connectivity index (χ0v) is 12.9. The summed E-state index contributed by atoms with van der Waals surface area (Å²) in [7, 11) is 1.67. The highest BCUT2D eigenvalue weighted by Crippen LogP contribution is 2.14. The summed E-state index contributed by atoms with van der Waals surface area (Å²) >= 11 is 0. The Morgan fingerprint density at radius 1 is 1.19 bits per heavy atom. The van der Waals surface area contributed by atoms with E-state index in [0.717, 1.165) is 0 Å². The molecule has 0 aliphatic rings. The number of hydrogen-bond donors (Lipinski definition) is 0. The SMILES string of the molecule is CCOC(=O)CCN(C)C(=O)C(CC)Oc1ccccc1. The van der Waals surface area contributed by atoms with Crippen molar-refractivity contribution in [3.05, 3.63) is 30.3 Å². The van der Waals surface area contributed by atoms with Crippen molar-refractivity contribution in [1.29, 1.82) is 0 Å². The molecule has 0 heterocycles. The van der Waals surface area contributed by atoms with E-state index in [1.165, 1.54) is 4.90 Å². The van der Waals surface area contributed by atoms with E-state index < -0.39 is 6.10 Å². The van der Waals surface area contributed by atoms with Crippen LogP contribution in [0.4, 0.5) is 0 Å². The monoisotopic (exact) mass is 293 g/mol. The Kier molecular flexibility index (Phi) is 7.29. The molecule has 0 aromatic heterocycles. The Bertz CT molecular complexity index is 447. The lowest BCUT2D eigenvalue weighted by atomic mass is 10.2. The van der Waals surface area contributed by atoms with Gasteiger partial charge in [0.2, 0.25) is 0 Å². The molecule has 0 saturated carbocycles. The third kappa shape index (κ3) is 5.85. The fourth-order valence-electron chi connectivity index (χ4n) is 1.82. The van der Waals surface area contributed by atoms with Crippen LogP contribution >= 0.6 is 0 Å². The van der Waals surface area contributed by atoms with E-state index in [2.05, 4.69) is 0 Å². The maximum Gasteiger partial charge on any atom is 0.307 e. The number of carbonyl (C=O) groups excluding carboxylic acids is 2. The molecule has 116 valence electrons. The molecule has 21 heavy (non-hydrogen) atoms. The number of likely N-dealkylation sites (N-methyl/N-ethyl adjacent to an activating group) is 1. The number of hydrogen-bond acceptors (Lipinski definition) is 4. The van der Waals surface area contributed by atoms with Crippen LogP contribution in [0.15, 0.2) is 30.3 Å². The molecule has 0 aliphatic carbocycles. The van der Waals surface area contributed by atoms with Crippen LogP contribution in [0.1, 0.15) is 26.7 Å². The van der Waals surface area contributed by atoms with Gasteiger partial charge < -0.3 is 14.4 Å². The highest BCUT2D eigenvalue weighted by molar-refractivity contribution is 5.81. The van der Waals surface area contributed by atoms with Gasteiger partial charge in [0, 0.05) is 13.6 Å². The van der Waals surface area contributed by atoms with Crippen molar-refractivity contribution in [1.82, 2.24) is 4.90 Å². The third-order valence-corrected chi connectivity index (χ3v) is 3.00. The molecule has 0 saturated heterocycles. The van der Waals surface area contributed by atoms with Crippen LogP contribution in [-0.4, -0.2) is 43.1 Å². The smallest absolute Gasteiger partial charge is 0.307 e. The predicted octanol–water partition coefficient (Wildman–Crippen LogP) is 2.26. The summed E-state index contributed by atoms with van der Waals surface area (Å²) in [5, 5.41) is 0. The first-order valence-electron chi connectivity index (χ1n) is 7.20. The zero-order chi connectivity index (χ0) is 15.7. The van der Waals surface area contributed by atoms with Gasteiger partial charge in [0.05, 0.1) is 13.0 Å². The molecule has 0 fully saturated rings. The summed E-state index contributed by atoms with van der Waals surface area (Å²) in [6.07, 6.45) is 0.217. The van der Waals surface area contributed by atoms with Gasteiger partial charge in [-0.1, -0.05) is 25.1 Å². The highest BCUT2D eigenvalue weighted by Gasteiger charge is 2.22. The summed E-state index contributed by atoms with van der Waals surface area (Å²) in [6, 6.07) is 9.23. The van der Waals surface area contributed by atoms with Gasteiger partial charge >= 0.3 is 5.97 Å². The van der Waals surface area contributed by atoms with Crippen molar-refractivity contribution in [2.24, 2.45) is 0 Å². The minimum atomic E-state index is -0.542. The standard InChI is InChI=1S/C16H23NO4/c1-4-14(21-13-9-7-6-8-10-13)16(19)17(3)12-11-15(18)20-5-2/h6-10,14H,4-5,11-12H2,1-3H3. The van der Waals surface area contributed by atoms with E-state index >= 15 is 0 Å². The van der Waals surface area contributed by atoms with Gasteiger partial charge in [-0.15, -0.1) is 0 Å². The van der Waals surface area contributed by atoms with Crippen LogP contribution < -0.4 is 4.74 Å². The Labute approximate surface area is 125 Å². The fourth-order valence-corrected chi connectivity index (χ4v) is 1.82. The molecule has 0 bridgehead atoms. The van der Waals surface area contributed by atoms with Crippen molar-refractivity contribution < 1.29 is 19.1 Å². The van der Waals surface area contributed by atoms with Crippen LogP contribution in [0.3, 0.4) is 0 Å². The van der Waals surface area contributed by atoms with Crippen molar-refractivity contribution in [3.8, 4) is 5.75 Å². The van der Waals surface area contributed by atoms with Crippen LogP contribution in [0.25, 0.3) is 0 Å². The van der Waals surface area contributed by atoms with E-state index in [9.17, 15) is 9.59 Å². The van der Waals surface area contributed by atoms with Gasteiger partial charge in [0.1, 0.15) is 5.75 Å². The predicted molar refractivity (Wildman–Crippen MR) is 80.0 cm³/mol. The van der Waals surface area contributed by atoms with E-state index in [4.69, 9.17) is 9.47 Å². The first-order valence-corrected chi connectivity index (χ1v) is 7.20. The van der Waals surface area contributed by atoms with Crippen molar-refractivity contribution in [3.63, 3.8) is 0 Å². The summed E-state index contributed by atoms with van der Waals surface area (Å²) in [4.78, 5) is 25.1. The van der Waals surface area contributed by atoms with Crippen LogP contribution in [0, 0.1) is 0 Å². The van der Waals surface area contributed by atoms with Gasteiger partial charge in [-0.25, -0.2) is 0 Å². The Morgan fingerprint density at radius 3 is 2.43 bits per heavy atom. The minimum absolute atomic E-state index is 0.134. The maximum atomic E-state index is 12.3. The van der Waals surface area contributed by atoms with E-state index in [1.807, 2.05) is 37.3 Å². The number of amides is 1. The molecule has 1 aromatic carbocycles. The van der Waals surface area contributed by atoms with Gasteiger partial charge in [-0.3, -0.25) is 9.59 Å². The molecule has 5 heteroatoms. The van der Waals surface area contributed by atoms with E-state index in [0.29, 0.717) is 25.3 Å². The van der Waals surface area contributed by atoms with Crippen molar-refractivity contribution >= 4 is 11.9 Å². The second kappa shape index (κ2) is 9.00. The number of nitrogens with zero attached hydrogens (tertiary/aromatic N) is 1. The second-order valence-corrected chi connectivity index (χ2v) is 4.64. The zero-order valence-electron chi connectivity index (χ0n) is 12.9. The van der Waals surface area contributed by atoms with Crippen LogP contribution in [0.5, 0.6) is 5.75 Å². The number of carbonyl (C=O) groups is 2. The lowest BCUT2D eigenvalue weighted by molar-refractivity contribution is -0.144. The molecule has 5 nitrogen and oxygen atoms in total. The fraction of sp³-hybridized carbons (Fsp3) is 0.500. The summed E-state index contributed by atoms with van der Waals surface area (Å²) in [5.74, 6) is 0.233. The number of para-hydroxylation sites is 1. The van der Waals surface area contributed by atoms with Crippen LogP contribution in [-0.2, 0) is 14.3 Å². The molecular formula is C16H23NO4. The first-order chi connectivity index (χ1) is 10.1. The Balaban J connectivity index is 2.51. The highest BCUT2D eigenvalue weighted by atomic mass is 16.5. The Hall–Kier alpha value is -2.04. The minimum Gasteiger partial charge on any atom is -0.481 e. The van der Waals surface area contributed by atoms with Gasteiger partial charge in [-0.2, -0.15) is 0 Å². The Morgan fingerprint density at radius 2 is 1.86 bits per heavy atom. The average molecular weight is 293 g/mol. The molecule has 1 amide bonds. The normalized spacial score (nSPS) is 11.6. The van der Waals surface area contributed by atoms with Crippen LogP contribution in [0.2, 0.25) is 0 Å². The van der Waals surface area contributed by atoms with E-state index in [-0.39, 0.29) is 18.3 Å². The number of rotatable bonds is 8. The molecule has 1 aromatic rings. The van der Waals surface area contributed by atoms with Crippen molar-refractivity contribution in [2.45, 2.75) is 32.8 Å². The molecule has 0 N–H and O–H groups in total. The molecule has 0 spiro atoms. The number of ether oxygens (including phenoxy) is 2. The summed E-state index contributed by atoms with van der Waals surface area (Å²) < 4.78 is 10.5. The summed E-state index contributed by atoms with van der Waals surface area (Å²) in [6.45, 7) is 4.33. The van der Waals surface area contributed by atoms with Gasteiger partial charge in [0.25, 0.3) is 5.91 Å². The lowest BCUT2D eigenvalue weighted by Gasteiger charge is -2.23. The molecule has 1 unspecified atom stereocenters. The van der Waals surface area contributed by atoms with Gasteiger partial charge in [0.15, 0.2) is 6.10 Å². The first kappa shape index (κ1) is 17.0. The van der Waals surface area contributed by atoms with Crippen molar-refractivity contribution in [2.75, 3.05) is 20.2 Å².